The first-order chi connectivity index (χ1) is 16.2. The Morgan fingerprint density at radius 2 is 2.15 bits per heavy atom. The SMILES string of the molecule is CCc1ccnc(N2CCC(C(CC#N)n3cc(-c4ncnc5[nH]ccc45)cn3)C2)c1C#N. The number of fused-ring (bicyclic) bond motifs is 1. The van der Waals surface area contributed by atoms with E-state index in [-0.39, 0.29) is 12.0 Å². The van der Waals surface area contributed by atoms with E-state index in [1.807, 2.05) is 36.1 Å². The number of aromatic nitrogens is 6. The van der Waals surface area contributed by atoms with Crippen molar-refractivity contribution < 1.29 is 0 Å². The first-order valence-corrected chi connectivity index (χ1v) is 11.1. The summed E-state index contributed by atoms with van der Waals surface area (Å²) in [5, 5.41) is 24.8. The van der Waals surface area contributed by atoms with Gasteiger partial charge in [0.2, 0.25) is 0 Å². The Morgan fingerprint density at radius 1 is 1.24 bits per heavy atom. The molecule has 4 aromatic heterocycles. The Kier molecular flexibility index (Phi) is 5.45. The number of hydrogen-bond acceptors (Lipinski definition) is 7. The summed E-state index contributed by atoms with van der Waals surface area (Å²) in [6, 6.07) is 8.46. The number of rotatable bonds is 6. The molecule has 0 spiro atoms. The number of hydrogen-bond donors (Lipinski definition) is 1. The van der Waals surface area contributed by atoms with Crippen molar-refractivity contribution in [3.8, 4) is 23.4 Å². The van der Waals surface area contributed by atoms with Crippen molar-refractivity contribution in [3.63, 3.8) is 0 Å². The topological polar surface area (TPSA) is 123 Å². The fraction of sp³-hybridized carbons (Fsp3) is 0.333. The van der Waals surface area contributed by atoms with E-state index in [4.69, 9.17) is 0 Å². The summed E-state index contributed by atoms with van der Waals surface area (Å²) in [4.78, 5) is 18.5. The summed E-state index contributed by atoms with van der Waals surface area (Å²) in [7, 11) is 0. The van der Waals surface area contributed by atoms with Crippen LogP contribution in [-0.4, -0.2) is 42.8 Å². The number of aryl methyl sites for hydroxylation is 1. The molecule has 0 bridgehead atoms. The van der Waals surface area contributed by atoms with Crippen molar-refractivity contribution in [2.24, 2.45) is 5.92 Å². The molecule has 5 rings (SSSR count). The second-order valence-electron chi connectivity index (χ2n) is 8.23. The molecular weight excluding hydrogens is 414 g/mol. The molecule has 0 saturated carbocycles. The van der Waals surface area contributed by atoms with Crippen molar-refractivity contribution in [2.45, 2.75) is 32.2 Å². The zero-order valence-electron chi connectivity index (χ0n) is 18.3. The summed E-state index contributed by atoms with van der Waals surface area (Å²) < 4.78 is 1.90. The van der Waals surface area contributed by atoms with Gasteiger partial charge in [0, 0.05) is 48.5 Å². The lowest BCUT2D eigenvalue weighted by Gasteiger charge is -2.23. The van der Waals surface area contributed by atoms with Gasteiger partial charge >= 0.3 is 0 Å². The molecule has 0 amide bonds. The molecule has 1 aliphatic rings. The second-order valence-corrected chi connectivity index (χ2v) is 8.23. The summed E-state index contributed by atoms with van der Waals surface area (Å²) in [5.41, 5.74) is 4.15. The quantitative estimate of drug-likeness (QED) is 0.488. The maximum Gasteiger partial charge on any atom is 0.146 e. The molecule has 164 valence electrons. The summed E-state index contributed by atoms with van der Waals surface area (Å²) in [5.74, 6) is 0.959. The lowest BCUT2D eigenvalue weighted by atomic mass is 9.96. The van der Waals surface area contributed by atoms with Gasteiger partial charge in [0.1, 0.15) is 23.9 Å². The molecule has 5 heterocycles. The van der Waals surface area contributed by atoms with E-state index in [2.05, 4.69) is 42.1 Å². The fourth-order valence-corrected chi connectivity index (χ4v) is 4.75. The average Bonchev–Trinajstić information content (AvgIpc) is 3.62. The predicted molar refractivity (Wildman–Crippen MR) is 123 cm³/mol. The van der Waals surface area contributed by atoms with Crippen LogP contribution in [0.3, 0.4) is 0 Å². The molecule has 9 heteroatoms. The predicted octanol–water partition coefficient (Wildman–Crippen LogP) is 3.63. The van der Waals surface area contributed by atoms with Gasteiger partial charge < -0.3 is 9.88 Å². The largest absolute Gasteiger partial charge is 0.355 e. The van der Waals surface area contributed by atoms with Gasteiger partial charge in [-0.3, -0.25) is 4.68 Å². The van der Waals surface area contributed by atoms with Gasteiger partial charge in [-0.2, -0.15) is 15.6 Å². The fourth-order valence-electron chi connectivity index (χ4n) is 4.75. The Hall–Kier alpha value is -4.24. The van der Waals surface area contributed by atoms with E-state index in [9.17, 15) is 10.5 Å². The molecule has 9 nitrogen and oxygen atoms in total. The number of H-pyrrole nitrogens is 1. The van der Waals surface area contributed by atoms with Crippen molar-refractivity contribution >= 4 is 16.9 Å². The van der Waals surface area contributed by atoms with Crippen LogP contribution in [0.1, 0.15) is 36.9 Å². The standard InChI is InChI=1S/C24H23N9/c1-2-16-4-8-28-24(20(16)11-26)32-10-6-17(13-32)21(3-7-25)33-14-18(12-31-33)22-19-5-9-27-23(19)30-15-29-22/h4-5,8-9,12,14-15,17,21H,2-3,6,10,13H2,1H3,(H,27,29,30). The van der Waals surface area contributed by atoms with Gasteiger partial charge in [0.25, 0.3) is 0 Å². The summed E-state index contributed by atoms with van der Waals surface area (Å²) in [6.07, 6.45) is 11.0. The summed E-state index contributed by atoms with van der Waals surface area (Å²) >= 11 is 0. The van der Waals surface area contributed by atoms with E-state index >= 15 is 0 Å². The third kappa shape index (κ3) is 3.68. The third-order valence-corrected chi connectivity index (χ3v) is 6.45. The van der Waals surface area contributed by atoms with Crippen LogP contribution in [0, 0.1) is 28.6 Å². The van der Waals surface area contributed by atoms with Gasteiger partial charge in [-0.15, -0.1) is 0 Å². The molecule has 0 aliphatic carbocycles. The highest BCUT2D eigenvalue weighted by atomic mass is 15.3. The molecule has 2 atom stereocenters. The van der Waals surface area contributed by atoms with Gasteiger partial charge in [-0.05, 0) is 30.5 Å². The molecule has 1 saturated heterocycles. The van der Waals surface area contributed by atoms with E-state index < -0.39 is 0 Å². The highest BCUT2D eigenvalue weighted by Crippen LogP contribution is 2.35. The summed E-state index contributed by atoms with van der Waals surface area (Å²) in [6.45, 7) is 3.57. The van der Waals surface area contributed by atoms with Crippen LogP contribution in [0.25, 0.3) is 22.3 Å². The number of nitrogens with one attached hydrogen (secondary N) is 1. The average molecular weight is 438 g/mol. The van der Waals surface area contributed by atoms with Crippen LogP contribution >= 0.6 is 0 Å². The number of pyridine rings is 1. The molecule has 0 aromatic carbocycles. The van der Waals surface area contributed by atoms with Crippen LogP contribution in [-0.2, 0) is 6.42 Å². The third-order valence-electron chi connectivity index (χ3n) is 6.45. The van der Waals surface area contributed by atoms with Gasteiger partial charge in [0.05, 0.1) is 36.0 Å². The number of nitrogens with zero attached hydrogens (tertiary/aromatic N) is 8. The smallest absolute Gasteiger partial charge is 0.146 e. The molecular formula is C24H23N9. The van der Waals surface area contributed by atoms with Gasteiger partial charge in [0.15, 0.2) is 0 Å². The zero-order chi connectivity index (χ0) is 22.8. The van der Waals surface area contributed by atoms with Crippen LogP contribution < -0.4 is 4.90 Å². The van der Waals surface area contributed by atoms with E-state index in [1.165, 1.54) is 6.33 Å². The van der Waals surface area contributed by atoms with Crippen molar-refractivity contribution in [2.75, 3.05) is 18.0 Å². The van der Waals surface area contributed by atoms with Gasteiger partial charge in [-0.25, -0.2) is 15.0 Å². The molecule has 0 radical (unpaired) electrons. The molecule has 4 aromatic rings. The van der Waals surface area contributed by atoms with Crippen molar-refractivity contribution in [1.82, 2.24) is 29.7 Å². The first kappa shape index (κ1) is 20.7. The van der Waals surface area contributed by atoms with Crippen LogP contribution in [0.15, 0.2) is 43.2 Å². The highest BCUT2D eigenvalue weighted by molar-refractivity contribution is 5.89. The molecule has 1 fully saturated rings. The highest BCUT2D eigenvalue weighted by Gasteiger charge is 2.33. The normalized spacial score (nSPS) is 16.6. The first-order valence-electron chi connectivity index (χ1n) is 11.1. The van der Waals surface area contributed by atoms with Crippen LogP contribution in [0.5, 0.6) is 0 Å². The number of nitriles is 2. The monoisotopic (exact) mass is 437 g/mol. The Morgan fingerprint density at radius 3 is 2.97 bits per heavy atom. The molecule has 1 N–H and O–H groups in total. The molecule has 33 heavy (non-hydrogen) atoms. The minimum absolute atomic E-state index is 0.0720. The molecule has 1 aliphatic heterocycles. The molecule has 2 unspecified atom stereocenters. The zero-order valence-corrected chi connectivity index (χ0v) is 18.3. The van der Waals surface area contributed by atoms with Gasteiger partial charge in [-0.1, -0.05) is 6.92 Å². The Balaban J connectivity index is 1.42. The van der Waals surface area contributed by atoms with E-state index in [0.29, 0.717) is 12.0 Å². The minimum Gasteiger partial charge on any atom is -0.355 e. The van der Waals surface area contributed by atoms with Crippen molar-refractivity contribution in [1.29, 1.82) is 10.5 Å². The number of anilines is 1. The maximum absolute atomic E-state index is 9.71. The Labute approximate surface area is 191 Å². The lowest BCUT2D eigenvalue weighted by molar-refractivity contribution is 0.332. The van der Waals surface area contributed by atoms with Crippen LogP contribution in [0.2, 0.25) is 0 Å². The second kappa shape index (κ2) is 8.71. The lowest BCUT2D eigenvalue weighted by Crippen LogP contribution is -2.26. The van der Waals surface area contributed by atoms with Crippen LogP contribution in [0.4, 0.5) is 5.82 Å². The maximum atomic E-state index is 9.71. The van der Waals surface area contributed by atoms with Crippen molar-refractivity contribution in [3.05, 3.63) is 54.4 Å². The Bertz CT molecular complexity index is 1370. The van der Waals surface area contributed by atoms with E-state index in [0.717, 1.165) is 59.6 Å². The van der Waals surface area contributed by atoms with E-state index in [1.54, 1.807) is 12.4 Å². The number of aromatic amines is 1. The minimum atomic E-state index is -0.0720.